The molecule has 0 radical (unpaired) electrons. The summed E-state index contributed by atoms with van der Waals surface area (Å²) >= 11 is 0. The first-order valence-electron chi connectivity index (χ1n) is 10.9. The van der Waals surface area contributed by atoms with Gasteiger partial charge in [-0.1, -0.05) is 57.3 Å². The summed E-state index contributed by atoms with van der Waals surface area (Å²) in [6.45, 7) is 6.34. The molecule has 1 amide bonds. The SMILES string of the molecule is CCCCCCCCCC(=O)O[C@H]1CCN(CC#CCN2CCCC2)C1=O. The summed E-state index contributed by atoms with van der Waals surface area (Å²) < 4.78 is 5.40. The summed E-state index contributed by atoms with van der Waals surface area (Å²) in [7, 11) is 0. The van der Waals surface area contributed by atoms with E-state index in [1.807, 2.05) is 0 Å². The number of esters is 1. The van der Waals surface area contributed by atoms with Gasteiger partial charge in [0.2, 0.25) is 0 Å². The molecule has 0 aromatic heterocycles. The molecule has 0 saturated carbocycles. The molecule has 1 atom stereocenters. The molecule has 27 heavy (non-hydrogen) atoms. The highest BCUT2D eigenvalue weighted by molar-refractivity contribution is 5.85. The first kappa shape index (κ1) is 21.8. The molecule has 2 fully saturated rings. The van der Waals surface area contributed by atoms with E-state index in [-0.39, 0.29) is 11.9 Å². The molecule has 152 valence electrons. The lowest BCUT2D eigenvalue weighted by Gasteiger charge is -2.14. The first-order chi connectivity index (χ1) is 13.2. The average Bonchev–Trinajstić information content (AvgIpc) is 3.29. The van der Waals surface area contributed by atoms with Crippen molar-refractivity contribution in [3.05, 3.63) is 0 Å². The number of hydrogen-bond donors (Lipinski definition) is 0. The van der Waals surface area contributed by atoms with E-state index in [9.17, 15) is 9.59 Å². The Labute approximate surface area is 164 Å². The number of nitrogens with zero attached hydrogens (tertiary/aromatic N) is 2. The van der Waals surface area contributed by atoms with Gasteiger partial charge in [-0.05, 0) is 32.4 Å². The van der Waals surface area contributed by atoms with Crippen molar-refractivity contribution in [3.63, 3.8) is 0 Å². The van der Waals surface area contributed by atoms with Gasteiger partial charge < -0.3 is 9.64 Å². The van der Waals surface area contributed by atoms with Crippen LogP contribution in [0.1, 0.15) is 77.6 Å². The lowest BCUT2D eigenvalue weighted by atomic mass is 10.1. The molecule has 0 N–H and O–H groups in total. The Balaban J connectivity index is 1.56. The molecule has 2 heterocycles. The summed E-state index contributed by atoms with van der Waals surface area (Å²) in [4.78, 5) is 28.4. The van der Waals surface area contributed by atoms with E-state index in [1.54, 1.807) is 4.90 Å². The topological polar surface area (TPSA) is 49.9 Å². The van der Waals surface area contributed by atoms with Crippen LogP contribution >= 0.6 is 0 Å². The number of likely N-dealkylation sites (tertiary alicyclic amines) is 2. The number of carbonyl (C=O) groups is 2. The largest absolute Gasteiger partial charge is 0.452 e. The fourth-order valence-electron chi connectivity index (χ4n) is 3.68. The Kier molecular flexibility index (Phi) is 10.3. The summed E-state index contributed by atoms with van der Waals surface area (Å²) in [5.74, 6) is 5.93. The van der Waals surface area contributed by atoms with Crippen LogP contribution in [0.5, 0.6) is 0 Å². The second-order valence-corrected chi connectivity index (χ2v) is 7.74. The van der Waals surface area contributed by atoms with Crippen molar-refractivity contribution in [2.45, 2.75) is 83.7 Å². The van der Waals surface area contributed by atoms with E-state index < -0.39 is 6.10 Å². The number of amides is 1. The molecule has 2 aliphatic heterocycles. The van der Waals surface area contributed by atoms with E-state index in [0.29, 0.717) is 25.9 Å². The Morgan fingerprint density at radius 3 is 2.41 bits per heavy atom. The molecule has 2 saturated heterocycles. The number of carbonyl (C=O) groups excluding carboxylic acids is 2. The van der Waals surface area contributed by atoms with Gasteiger partial charge >= 0.3 is 5.97 Å². The summed E-state index contributed by atoms with van der Waals surface area (Å²) in [5.41, 5.74) is 0. The summed E-state index contributed by atoms with van der Waals surface area (Å²) in [5, 5.41) is 0. The zero-order valence-corrected chi connectivity index (χ0v) is 17.0. The van der Waals surface area contributed by atoms with Crippen LogP contribution in [0.2, 0.25) is 0 Å². The zero-order chi connectivity index (χ0) is 19.3. The zero-order valence-electron chi connectivity index (χ0n) is 17.0. The molecule has 5 nitrogen and oxygen atoms in total. The number of hydrogen-bond acceptors (Lipinski definition) is 4. The highest BCUT2D eigenvalue weighted by Gasteiger charge is 2.33. The van der Waals surface area contributed by atoms with Crippen LogP contribution in [-0.4, -0.2) is 60.5 Å². The second-order valence-electron chi connectivity index (χ2n) is 7.74. The van der Waals surface area contributed by atoms with Crippen LogP contribution in [0.4, 0.5) is 0 Å². The van der Waals surface area contributed by atoms with Gasteiger partial charge in [-0.2, -0.15) is 0 Å². The van der Waals surface area contributed by atoms with E-state index in [2.05, 4.69) is 23.7 Å². The summed E-state index contributed by atoms with van der Waals surface area (Å²) in [6.07, 6.45) is 11.1. The van der Waals surface area contributed by atoms with Gasteiger partial charge in [0.15, 0.2) is 6.10 Å². The predicted molar refractivity (Wildman–Crippen MR) is 107 cm³/mol. The fraction of sp³-hybridized carbons (Fsp3) is 0.818. The number of unbranched alkanes of at least 4 members (excludes halogenated alkanes) is 6. The fourth-order valence-corrected chi connectivity index (χ4v) is 3.68. The van der Waals surface area contributed by atoms with Gasteiger partial charge in [0, 0.05) is 19.4 Å². The summed E-state index contributed by atoms with van der Waals surface area (Å²) in [6, 6.07) is 0. The minimum absolute atomic E-state index is 0.0848. The van der Waals surface area contributed by atoms with Crippen LogP contribution < -0.4 is 0 Å². The van der Waals surface area contributed by atoms with E-state index in [0.717, 1.165) is 32.5 Å². The number of rotatable bonds is 11. The third-order valence-electron chi connectivity index (χ3n) is 5.40. The maximum absolute atomic E-state index is 12.3. The first-order valence-corrected chi connectivity index (χ1v) is 10.9. The molecule has 2 aliphatic rings. The van der Waals surface area contributed by atoms with Crippen molar-refractivity contribution >= 4 is 11.9 Å². The molecular weight excluding hydrogens is 340 g/mol. The Bertz CT molecular complexity index is 517. The van der Waals surface area contributed by atoms with Crippen LogP contribution in [0.15, 0.2) is 0 Å². The minimum Gasteiger partial charge on any atom is -0.452 e. The molecule has 0 bridgehead atoms. The monoisotopic (exact) mass is 376 g/mol. The average molecular weight is 377 g/mol. The van der Waals surface area contributed by atoms with Gasteiger partial charge in [0.25, 0.3) is 5.91 Å². The van der Waals surface area contributed by atoms with E-state index in [1.165, 1.54) is 44.9 Å². The highest BCUT2D eigenvalue weighted by atomic mass is 16.5. The minimum atomic E-state index is -0.595. The molecule has 0 aromatic carbocycles. The van der Waals surface area contributed by atoms with Gasteiger partial charge in [0.05, 0.1) is 13.1 Å². The van der Waals surface area contributed by atoms with Crippen LogP contribution in [0, 0.1) is 11.8 Å². The van der Waals surface area contributed by atoms with E-state index in [4.69, 9.17) is 4.74 Å². The van der Waals surface area contributed by atoms with Crippen LogP contribution in [0.3, 0.4) is 0 Å². The van der Waals surface area contributed by atoms with E-state index >= 15 is 0 Å². The van der Waals surface area contributed by atoms with Crippen molar-refractivity contribution in [2.75, 3.05) is 32.7 Å². The van der Waals surface area contributed by atoms with Crippen LogP contribution in [-0.2, 0) is 14.3 Å². The Morgan fingerprint density at radius 1 is 1.00 bits per heavy atom. The van der Waals surface area contributed by atoms with Crippen molar-refractivity contribution < 1.29 is 14.3 Å². The predicted octanol–water partition coefficient (Wildman–Crippen LogP) is 3.37. The lowest BCUT2D eigenvalue weighted by Crippen LogP contribution is -2.32. The van der Waals surface area contributed by atoms with Gasteiger partial charge in [-0.25, -0.2) is 0 Å². The Morgan fingerprint density at radius 2 is 1.67 bits per heavy atom. The van der Waals surface area contributed by atoms with Crippen molar-refractivity contribution in [1.29, 1.82) is 0 Å². The van der Waals surface area contributed by atoms with Crippen molar-refractivity contribution in [3.8, 4) is 11.8 Å². The third kappa shape index (κ3) is 8.34. The maximum atomic E-state index is 12.3. The lowest BCUT2D eigenvalue weighted by molar-refractivity contribution is -0.156. The van der Waals surface area contributed by atoms with Crippen molar-refractivity contribution in [1.82, 2.24) is 9.80 Å². The molecule has 0 aliphatic carbocycles. The Hall–Kier alpha value is -1.54. The third-order valence-corrected chi connectivity index (χ3v) is 5.40. The molecular formula is C22H36N2O3. The molecule has 0 aromatic rings. The molecule has 5 heteroatoms. The normalized spacial score (nSPS) is 20.0. The van der Waals surface area contributed by atoms with Crippen molar-refractivity contribution in [2.24, 2.45) is 0 Å². The molecule has 2 rings (SSSR count). The molecule has 0 unspecified atom stereocenters. The maximum Gasteiger partial charge on any atom is 0.306 e. The number of ether oxygens (including phenoxy) is 1. The standard InChI is InChI=1S/C22H36N2O3/c1-2-3-4-5-6-7-8-13-21(25)27-20-14-19-24(22(20)26)18-12-11-17-23-15-9-10-16-23/h20H,2-10,13-19H2,1H3/t20-/m0/s1. The van der Waals surface area contributed by atoms with Gasteiger partial charge in [-0.15, -0.1) is 0 Å². The van der Waals surface area contributed by atoms with Crippen LogP contribution in [0.25, 0.3) is 0 Å². The van der Waals surface area contributed by atoms with Gasteiger partial charge in [0.1, 0.15) is 0 Å². The second kappa shape index (κ2) is 12.8. The smallest absolute Gasteiger partial charge is 0.306 e. The molecule has 0 spiro atoms. The quantitative estimate of drug-likeness (QED) is 0.315. The highest BCUT2D eigenvalue weighted by Crippen LogP contribution is 2.16. The van der Waals surface area contributed by atoms with Gasteiger partial charge in [-0.3, -0.25) is 14.5 Å².